The lowest BCUT2D eigenvalue weighted by molar-refractivity contribution is 0.00279. The maximum absolute atomic E-state index is 11.5. The number of rotatable bonds is 3. The number of carbonyl (C=O) groups is 1. The lowest BCUT2D eigenvalue weighted by atomic mass is 10.2. The van der Waals surface area contributed by atoms with Gasteiger partial charge in [0.1, 0.15) is 5.60 Å². The van der Waals surface area contributed by atoms with Gasteiger partial charge in [-0.2, -0.15) is 0 Å². The summed E-state index contributed by atoms with van der Waals surface area (Å²) in [4.78, 5) is 11.5. The quantitative estimate of drug-likeness (QED) is 0.787. The lowest BCUT2D eigenvalue weighted by Gasteiger charge is -2.17. The van der Waals surface area contributed by atoms with Crippen LogP contribution in [0.3, 0.4) is 0 Å². The van der Waals surface area contributed by atoms with Crippen LogP contribution in [0.2, 0.25) is 0 Å². The van der Waals surface area contributed by atoms with Gasteiger partial charge in [0.25, 0.3) is 0 Å². The number of hydrogen-bond acceptors (Lipinski definition) is 6. The first-order valence-electron chi connectivity index (χ1n) is 5.27. The molecule has 6 heteroatoms. The van der Waals surface area contributed by atoms with Gasteiger partial charge in [-0.05, 0) is 33.6 Å². The molecule has 0 aliphatic heterocycles. The predicted octanol–water partition coefficient (Wildman–Crippen LogP) is 1.60. The highest BCUT2D eigenvalue weighted by Crippen LogP contribution is 2.24. The molecule has 1 heterocycles. The molecule has 0 aromatic carbocycles. The van der Waals surface area contributed by atoms with Gasteiger partial charge in [0.2, 0.25) is 0 Å². The van der Waals surface area contributed by atoms with E-state index in [-0.39, 0.29) is 11.9 Å². The monoisotopic (exact) mass is 225 g/mol. The highest BCUT2D eigenvalue weighted by atomic mass is 16.6. The Morgan fingerprint density at radius 2 is 2.12 bits per heavy atom. The molecule has 0 radical (unpaired) electrons. The minimum atomic E-state index is -0.594. The average Bonchev–Trinajstić information content (AvgIpc) is 2.78. The molecule has 0 atom stereocenters. The second kappa shape index (κ2) is 3.77. The second-order valence-corrected chi connectivity index (χ2v) is 4.83. The molecule has 1 saturated carbocycles. The lowest BCUT2D eigenvalue weighted by Crippen LogP contribution is -2.24. The molecule has 16 heavy (non-hydrogen) atoms. The number of nitrogens with one attached hydrogen (secondary N) is 1. The van der Waals surface area contributed by atoms with Crippen LogP contribution in [0.25, 0.3) is 0 Å². The van der Waals surface area contributed by atoms with Gasteiger partial charge in [-0.1, -0.05) is 10.2 Å². The van der Waals surface area contributed by atoms with Gasteiger partial charge in [0, 0.05) is 6.04 Å². The average molecular weight is 225 g/mol. The molecule has 2 rings (SSSR count). The number of esters is 1. The third kappa shape index (κ3) is 2.95. The standard InChI is InChI=1S/C10H15N3O3/c1-10(2,3)16-8(14)7-12-13-9(15-7)11-6-4-5-6/h6H,4-5H2,1-3H3,(H,11,13). The Labute approximate surface area is 93.4 Å². The number of anilines is 1. The Hall–Kier alpha value is -1.59. The van der Waals surface area contributed by atoms with Crippen molar-refractivity contribution in [1.29, 1.82) is 0 Å². The normalized spacial score (nSPS) is 15.9. The molecule has 0 bridgehead atoms. The first kappa shape index (κ1) is 10.9. The predicted molar refractivity (Wildman–Crippen MR) is 56.1 cm³/mol. The first-order valence-corrected chi connectivity index (χ1v) is 5.27. The van der Waals surface area contributed by atoms with E-state index in [0.717, 1.165) is 12.8 Å². The molecule has 1 aliphatic carbocycles. The summed E-state index contributed by atoms with van der Waals surface area (Å²) in [5.74, 6) is -0.707. The minimum Gasteiger partial charge on any atom is -0.453 e. The van der Waals surface area contributed by atoms with Gasteiger partial charge in [-0.15, -0.1) is 0 Å². The summed E-state index contributed by atoms with van der Waals surface area (Å²) < 4.78 is 10.2. The third-order valence-electron chi connectivity index (χ3n) is 1.90. The third-order valence-corrected chi connectivity index (χ3v) is 1.90. The number of hydrogen-bond donors (Lipinski definition) is 1. The van der Waals surface area contributed by atoms with Crippen LogP contribution in [0.1, 0.15) is 44.3 Å². The summed E-state index contributed by atoms with van der Waals surface area (Å²) in [6.45, 7) is 5.35. The van der Waals surface area contributed by atoms with Crippen LogP contribution < -0.4 is 5.32 Å². The van der Waals surface area contributed by atoms with Crippen LogP contribution in [0.4, 0.5) is 6.01 Å². The van der Waals surface area contributed by atoms with Crippen LogP contribution in [0.15, 0.2) is 4.42 Å². The van der Waals surface area contributed by atoms with Crippen molar-refractivity contribution in [2.45, 2.75) is 45.3 Å². The van der Waals surface area contributed by atoms with Crippen molar-refractivity contribution in [1.82, 2.24) is 10.2 Å². The van der Waals surface area contributed by atoms with Crippen LogP contribution in [0.5, 0.6) is 0 Å². The van der Waals surface area contributed by atoms with E-state index in [4.69, 9.17) is 9.15 Å². The molecule has 0 saturated heterocycles. The number of ether oxygens (including phenoxy) is 1. The fourth-order valence-corrected chi connectivity index (χ4v) is 1.09. The first-order chi connectivity index (χ1) is 7.44. The summed E-state index contributed by atoms with van der Waals surface area (Å²) in [6, 6.07) is 0.690. The van der Waals surface area contributed by atoms with E-state index in [2.05, 4.69) is 15.5 Å². The molecule has 0 spiro atoms. The SMILES string of the molecule is CC(C)(C)OC(=O)c1nnc(NC2CC2)o1. The number of nitrogens with zero attached hydrogens (tertiary/aromatic N) is 2. The zero-order valence-electron chi connectivity index (χ0n) is 9.61. The van der Waals surface area contributed by atoms with Crippen molar-refractivity contribution in [3.63, 3.8) is 0 Å². The summed E-state index contributed by atoms with van der Waals surface area (Å²) in [5.41, 5.74) is -0.560. The van der Waals surface area contributed by atoms with Crippen molar-refractivity contribution in [2.75, 3.05) is 5.32 Å². The van der Waals surface area contributed by atoms with Gasteiger partial charge < -0.3 is 14.5 Å². The topological polar surface area (TPSA) is 77.2 Å². The molecule has 0 unspecified atom stereocenters. The van der Waals surface area contributed by atoms with Gasteiger partial charge in [0.05, 0.1) is 0 Å². The van der Waals surface area contributed by atoms with E-state index in [1.807, 2.05) is 0 Å². The number of aromatic nitrogens is 2. The van der Waals surface area contributed by atoms with Gasteiger partial charge in [-0.25, -0.2) is 4.79 Å². The van der Waals surface area contributed by atoms with Crippen LogP contribution >= 0.6 is 0 Å². The highest BCUT2D eigenvalue weighted by Gasteiger charge is 2.26. The van der Waals surface area contributed by atoms with Gasteiger partial charge in [0.15, 0.2) is 0 Å². The van der Waals surface area contributed by atoms with Crippen molar-refractivity contribution in [3.8, 4) is 0 Å². The molecule has 1 aromatic heterocycles. The summed E-state index contributed by atoms with van der Waals surface area (Å²) >= 11 is 0. The Bertz CT molecular complexity index is 390. The molecular formula is C10H15N3O3. The molecule has 1 N–H and O–H groups in total. The Morgan fingerprint density at radius 3 is 2.69 bits per heavy atom. The zero-order chi connectivity index (χ0) is 11.8. The van der Waals surface area contributed by atoms with Crippen molar-refractivity contribution in [2.24, 2.45) is 0 Å². The van der Waals surface area contributed by atoms with Crippen LogP contribution in [-0.4, -0.2) is 27.8 Å². The molecular weight excluding hydrogens is 210 g/mol. The fourth-order valence-electron chi connectivity index (χ4n) is 1.09. The maximum atomic E-state index is 11.5. The molecule has 1 aliphatic rings. The van der Waals surface area contributed by atoms with Crippen molar-refractivity contribution in [3.05, 3.63) is 5.89 Å². The molecule has 0 amide bonds. The molecule has 88 valence electrons. The largest absolute Gasteiger partial charge is 0.453 e. The molecule has 1 aromatic rings. The summed E-state index contributed by atoms with van der Waals surface area (Å²) in [5, 5.41) is 10.4. The highest BCUT2D eigenvalue weighted by molar-refractivity contribution is 5.84. The van der Waals surface area contributed by atoms with E-state index in [9.17, 15) is 4.79 Å². The van der Waals surface area contributed by atoms with Crippen LogP contribution in [0, 0.1) is 0 Å². The smallest absolute Gasteiger partial charge is 0.396 e. The Morgan fingerprint density at radius 1 is 1.44 bits per heavy atom. The minimum absolute atomic E-state index is 0.113. The fraction of sp³-hybridized carbons (Fsp3) is 0.700. The van der Waals surface area contributed by atoms with Crippen molar-refractivity contribution >= 4 is 12.0 Å². The van der Waals surface area contributed by atoms with E-state index in [0.29, 0.717) is 6.04 Å². The van der Waals surface area contributed by atoms with E-state index in [1.165, 1.54) is 0 Å². The second-order valence-electron chi connectivity index (χ2n) is 4.83. The molecule has 6 nitrogen and oxygen atoms in total. The van der Waals surface area contributed by atoms with Gasteiger partial charge in [-0.3, -0.25) is 0 Å². The Balaban J connectivity index is 1.97. The Kier molecular flexibility index (Phi) is 2.57. The maximum Gasteiger partial charge on any atom is 0.396 e. The van der Waals surface area contributed by atoms with E-state index < -0.39 is 11.6 Å². The zero-order valence-corrected chi connectivity index (χ0v) is 9.61. The van der Waals surface area contributed by atoms with E-state index >= 15 is 0 Å². The van der Waals surface area contributed by atoms with Crippen molar-refractivity contribution < 1.29 is 13.9 Å². The number of carbonyl (C=O) groups excluding carboxylic acids is 1. The van der Waals surface area contributed by atoms with E-state index in [1.54, 1.807) is 20.8 Å². The van der Waals surface area contributed by atoms with Gasteiger partial charge >= 0.3 is 17.9 Å². The molecule has 1 fully saturated rings. The van der Waals surface area contributed by atoms with Crippen LogP contribution in [-0.2, 0) is 4.74 Å². The summed E-state index contributed by atoms with van der Waals surface area (Å²) in [6.07, 6.45) is 2.20. The summed E-state index contributed by atoms with van der Waals surface area (Å²) in [7, 11) is 0.